The first-order chi connectivity index (χ1) is 12.5. The van der Waals surface area contributed by atoms with Gasteiger partial charge in [-0.05, 0) is 44.0 Å². The Labute approximate surface area is 153 Å². The molecule has 0 aliphatic carbocycles. The molecule has 0 fully saturated rings. The van der Waals surface area contributed by atoms with Crippen LogP contribution in [0.1, 0.15) is 50.6 Å². The maximum Gasteiger partial charge on any atom is 0.573 e. The minimum absolute atomic E-state index is 0.219. The second kappa shape index (κ2) is 7.73. The summed E-state index contributed by atoms with van der Waals surface area (Å²) in [6.45, 7) is 4.96. The van der Waals surface area contributed by atoms with E-state index in [1.165, 1.54) is 31.4 Å². The number of methoxy groups -OCH3 is 1. The highest BCUT2D eigenvalue weighted by atomic mass is 19.4. The molecule has 2 rings (SSSR count). The zero-order valence-corrected chi connectivity index (χ0v) is 15.2. The van der Waals surface area contributed by atoms with E-state index in [-0.39, 0.29) is 11.4 Å². The van der Waals surface area contributed by atoms with Crippen LogP contribution < -0.4 is 10.1 Å². The van der Waals surface area contributed by atoms with Crippen molar-refractivity contribution in [3.63, 3.8) is 0 Å². The van der Waals surface area contributed by atoms with Crippen molar-refractivity contribution in [3.8, 4) is 5.75 Å². The molecular formula is C18H19F3N2O4. The molecule has 27 heavy (non-hydrogen) atoms. The number of halogens is 3. The number of H-pyrrole nitrogens is 1. The topological polar surface area (TPSA) is 80.4 Å². The highest BCUT2D eigenvalue weighted by molar-refractivity contribution is 6.00. The largest absolute Gasteiger partial charge is 0.573 e. The van der Waals surface area contributed by atoms with Gasteiger partial charge in [-0.1, -0.05) is 12.1 Å². The summed E-state index contributed by atoms with van der Waals surface area (Å²) in [5, 5.41) is 2.73. The predicted octanol–water partition coefficient (Wildman–Crippen LogP) is 3.81. The Morgan fingerprint density at radius 2 is 1.74 bits per heavy atom. The van der Waals surface area contributed by atoms with Crippen molar-refractivity contribution in [2.24, 2.45) is 0 Å². The molecule has 0 aliphatic heterocycles. The smallest absolute Gasteiger partial charge is 0.465 e. The van der Waals surface area contributed by atoms with E-state index in [0.29, 0.717) is 22.4 Å². The summed E-state index contributed by atoms with van der Waals surface area (Å²) in [5.41, 5.74) is 2.07. The van der Waals surface area contributed by atoms with Crippen molar-refractivity contribution in [1.82, 2.24) is 10.3 Å². The number of aromatic nitrogens is 1. The lowest BCUT2D eigenvalue weighted by molar-refractivity contribution is -0.274. The van der Waals surface area contributed by atoms with Crippen LogP contribution in [0.5, 0.6) is 5.75 Å². The van der Waals surface area contributed by atoms with Gasteiger partial charge in [0.05, 0.1) is 18.7 Å². The van der Waals surface area contributed by atoms with Crippen LogP contribution in [0.25, 0.3) is 0 Å². The van der Waals surface area contributed by atoms with Gasteiger partial charge in [-0.25, -0.2) is 4.79 Å². The number of aryl methyl sites for hydroxylation is 1. The number of carbonyl (C=O) groups is 2. The quantitative estimate of drug-likeness (QED) is 0.769. The maximum absolute atomic E-state index is 12.5. The first-order valence-corrected chi connectivity index (χ1v) is 7.97. The van der Waals surface area contributed by atoms with Crippen molar-refractivity contribution in [1.29, 1.82) is 0 Å². The summed E-state index contributed by atoms with van der Waals surface area (Å²) >= 11 is 0. The standard InChI is InChI=1S/C18H19F3N2O4/c1-9-14(17(25)26-4)11(3)22-15(9)16(24)23-10(2)12-5-7-13(8-6-12)27-18(19,20)21/h5-8,10,22H,1-4H3,(H,23,24). The minimum Gasteiger partial charge on any atom is -0.465 e. The number of hydrogen-bond acceptors (Lipinski definition) is 4. The summed E-state index contributed by atoms with van der Waals surface area (Å²) < 4.78 is 45.1. The third kappa shape index (κ3) is 4.81. The van der Waals surface area contributed by atoms with E-state index < -0.39 is 24.3 Å². The van der Waals surface area contributed by atoms with Crippen LogP contribution in [0.3, 0.4) is 0 Å². The Hall–Kier alpha value is -2.97. The summed E-state index contributed by atoms with van der Waals surface area (Å²) in [7, 11) is 1.25. The first-order valence-electron chi connectivity index (χ1n) is 7.97. The molecule has 1 atom stereocenters. The molecule has 9 heteroatoms. The number of aromatic amines is 1. The van der Waals surface area contributed by atoms with E-state index in [1.807, 2.05) is 0 Å². The fraction of sp³-hybridized carbons (Fsp3) is 0.333. The molecule has 2 N–H and O–H groups in total. The number of nitrogens with one attached hydrogen (secondary N) is 2. The molecule has 0 spiro atoms. The Morgan fingerprint density at radius 3 is 2.26 bits per heavy atom. The number of rotatable bonds is 5. The minimum atomic E-state index is -4.76. The summed E-state index contributed by atoms with van der Waals surface area (Å²) in [6.07, 6.45) is -4.76. The van der Waals surface area contributed by atoms with E-state index in [1.54, 1.807) is 20.8 Å². The Morgan fingerprint density at radius 1 is 1.15 bits per heavy atom. The lowest BCUT2D eigenvalue weighted by atomic mass is 10.1. The molecule has 0 aliphatic rings. The average Bonchev–Trinajstić information content (AvgIpc) is 2.88. The number of ether oxygens (including phenoxy) is 2. The summed E-state index contributed by atoms with van der Waals surface area (Å²) in [6, 6.07) is 4.72. The molecule has 1 aromatic carbocycles. The molecule has 1 amide bonds. The lowest BCUT2D eigenvalue weighted by Gasteiger charge is -2.15. The maximum atomic E-state index is 12.5. The van der Waals surface area contributed by atoms with E-state index in [4.69, 9.17) is 4.74 Å². The van der Waals surface area contributed by atoms with E-state index >= 15 is 0 Å². The molecule has 2 aromatic rings. The van der Waals surface area contributed by atoms with Crippen LogP contribution in [0, 0.1) is 13.8 Å². The van der Waals surface area contributed by atoms with Gasteiger partial charge in [0, 0.05) is 5.69 Å². The van der Waals surface area contributed by atoms with Crippen molar-refractivity contribution < 1.29 is 32.2 Å². The van der Waals surface area contributed by atoms with E-state index in [0.717, 1.165) is 0 Å². The average molecular weight is 384 g/mol. The normalized spacial score (nSPS) is 12.4. The Balaban J connectivity index is 2.13. The zero-order chi connectivity index (χ0) is 20.4. The molecule has 1 heterocycles. The molecule has 146 valence electrons. The molecule has 1 aromatic heterocycles. The number of benzene rings is 1. The fourth-order valence-corrected chi connectivity index (χ4v) is 2.70. The van der Waals surface area contributed by atoms with Crippen molar-refractivity contribution >= 4 is 11.9 Å². The van der Waals surface area contributed by atoms with Gasteiger partial charge in [-0.3, -0.25) is 4.79 Å². The highest BCUT2D eigenvalue weighted by Gasteiger charge is 2.31. The van der Waals surface area contributed by atoms with Crippen LogP contribution >= 0.6 is 0 Å². The number of esters is 1. The molecule has 1 unspecified atom stereocenters. The molecular weight excluding hydrogens is 365 g/mol. The van der Waals surface area contributed by atoms with Crippen LogP contribution in [-0.2, 0) is 4.74 Å². The molecule has 6 nitrogen and oxygen atoms in total. The van der Waals surface area contributed by atoms with Crippen LogP contribution in [0.15, 0.2) is 24.3 Å². The SMILES string of the molecule is COC(=O)c1c(C)[nH]c(C(=O)NC(C)c2ccc(OC(F)(F)F)cc2)c1C. The van der Waals surface area contributed by atoms with Gasteiger partial charge in [-0.2, -0.15) is 0 Å². The number of amides is 1. The first kappa shape index (κ1) is 20.3. The molecule has 0 saturated heterocycles. The van der Waals surface area contributed by atoms with Gasteiger partial charge in [0.15, 0.2) is 0 Å². The third-order valence-electron chi connectivity index (χ3n) is 4.02. The Bertz CT molecular complexity index is 842. The van der Waals surface area contributed by atoms with Crippen LogP contribution in [0.4, 0.5) is 13.2 Å². The van der Waals surface area contributed by atoms with Crippen molar-refractivity contribution in [3.05, 3.63) is 52.3 Å². The van der Waals surface area contributed by atoms with Crippen LogP contribution in [0.2, 0.25) is 0 Å². The molecule has 0 saturated carbocycles. The predicted molar refractivity (Wildman–Crippen MR) is 90.6 cm³/mol. The third-order valence-corrected chi connectivity index (χ3v) is 4.02. The molecule has 0 bridgehead atoms. The van der Waals surface area contributed by atoms with Gasteiger partial charge in [-0.15, -0.1) is 13.2 Å². The van der Waals surface area contributed by atoms with Crippen LogP contribution in [-0.4, -0.2) is 30.3 Å². The zero-order valence-electron chi connectivity index (χ0n) is 15.2. The van der Waals surface area contributed by atoms with Crippen molar-refractivity contribution in [2.45, 2.75) is 33.2 Å². The number of carbonyl (C=O) groups excluding carboxylic acids is 2. The van der Waals surface area contributed by atoms with Gasteiger partial charge in [0.1, 0.15) is 11.4 Å². The molecule has 0 radical (unpaired) electrons. The van der Waals surface area contributed by atoms with Gasteiger partial charge in [0.25, 0.3) is 5.91 Å². The summed E-state index contributed by atoms with van der Waals surface area (Å²) in [5.74, 6) is -1.34. The second-order valence-corrected chi connectivity index (χ2v) is 5.93. The van der Waals surface area contributed by atoms with E-state index in [9.17, 15) is 22.8 Å². The monoisotopic (exact) mass is 384 g/mol. The van der Waals surface area contributed by atoms with Gasteiger partial charge < -0.3 is 19.8 Å². The fourth-order valence-electron chi connectivity index (χ4n) is 2.70. The lowest BCUT2D eigenvalue weighted by Crippen LogP contribution is -2.27. The van der Waals surface area contributed by atoms with Crippen molar-refractivity contribution in [2.75, 3.05) is 7.11 Å². The highest BCUT2D eigenvalue weighted by Crippen LogP contribution is 2.25. The summed E-state index contributed by atoms with van der Waals surface area (Å²) in [4.78, 5) is 27.2. The number of alkyl halides is 3. The van der Waals surface area contributed by atoms with Gasteiger partial charge >= 0.3 is 12.3 Å². The van der Waals surface area contributed by atoms with Gasteiger partial charge in [0.2, 0.25) is 0 Å². The number of hydrogen-bond donors (Lipinski definition) is 2. The Kier molecular flexibility index (Phi) is 5.82. The van der Waals surface area contributed by atoms with E-state index in [2.05, 4.69) is 15.0 Å². The second-order valence-electron chi connectivity index (χ2n) is 5.93.